The van der Waals surface area contributed by atoms with Crippen molar-refractivity contribution in [1.29, 1.82) is 10.5 Å². The van der Waals surface area contributed by atoms with Crippen LogP contribution in [0.4, 0.5) is 0 Å². The fourth-order valence-electron chi connectivity index (χ4n) is 4.27. The molecule has 1 aromatic rings. The van der Waals surface area contributed by atoms with E-state index < -0.39 is 21.0 Å². The first-order valence-electron chi connectivity index (χ1n) is 8.66. The quantitative estimate of drug-likeness (QED) is 0.697. The van der Waals surface area contributed by atoms with E-state index in [1.807, 2.05) is 26.0 Å². The van der Waals surface area contributed by atoms with E-state index in [-0.39, 0.29) is 5.84 Å². The van der Waals surface area contributed by atoms with Gasteiger partial charge in [-0.2, -0.15) is 10.5 Å². The Labute approximate surface area is 168 Å². The molecule has 0 bridgehead atoms. The van der Waals surface area contributed by atoms with Crippen LogP contribution in [-0.2, 0) is 0 Å². The number of rotatable bonds is 7. The molecule has 0 radical (unpaired) electrons. The van der Waals surface area contributed by atoms with Crippen LogP contribution in [0.1, 0.15) is 25.3 Å². The average Bonchev–Trinajstić information content (AvgIpc) is 3.26. The molecule has 1 aliphatic heterocycles. The fourth-order valence-corrected chi connectivity index (χ4v) is 7.53. The highest BCUT2D eigenvalue weighted by atomic mass is 32.2. The Kier molecular flexibility index (Phi) is 5.00. The summed E-state index contributed by atoms with van der Waals surface area (Å²) in [5.41, 5.74) is 4.93. The first kappa shape index (κ1) is 19.7. The maximum absolute atomic E-state index is 10.3. The highest BCUT2D eigenvalue weighted by Gasteiger charge is 2.92. The van der Waals surface area contributed by atoms with E-state index in [1.165, 1.54) is 0 Å². The normalized spacial score (nSPS) is 29.9. The number of hydrogen-bond donors (Lipinski definition) is 1. The molecular weight excluding hydrogens is 380 g/mol. The number of ether oxygens (including phenoxy) is 2. The molecule has 0 saturated heterocycles. The Morgan fingerprint density at radius 2 is 1.81 bits per heavy atom. The van der Waals surface area contributed by atoms with Gasteiger partial charge in [-0.15, -0.1) is 23.5 Å². The van der Waals surface area contributed by atoms with Crippen LogP contribution in [-0.4, -0.2) is 35.8 Å². The van der Waals surface area contributed by atoms with Gasteiger partial charge in [0.05, 0.1) is 26.4 Å². The monoisotopic (exact) mass is 402 g/mol. The minimum Gasteiger partial charge on any atom is -0.497 e. The third-order valence-corrected chi connectivity index (χ3v) is 8.25. The smallest absolute Gasteiger partial charge is 0.175 e. The van der Waals surface area contributed by atoms with Crippen LogP contribution in [0.25, 0.3) is 0 Å². The third kappa shape index (κ3) is 2.23. The van der Waals surface area contributed by atoms with Crippen LogP contribution in [0, 0.1) is 33.5 Å². The summed E-state index contributed by atoms with van der Waals surface area (Å²) in [6.07, 6.45) is 0. The molecule has 1 heterocycles. The maximum Gasteiger partial charge on any atom is 0.175 e. The van der Waals surface area contributed by atoms with Crippen molar-refractivity contribution < 1.29 is 9.47 Å². The van der Waals surface area contributed by atoms with Crippen molar-refractivity contribution in [1.82, 2.24) is 0 Å². The van der Waals surface area contributed by atoms with E-state index in [1.54, 1.807) is 43.8 Å². The van der Waals surface area contributed by atoms with Crippen LogP contribution in [0.2, 0.25) is 0 Å². The van der Waals surface area contributed by atoms with Crippen LogP contribution in [0.5, 0.6) is 11.5 Å². The molecule has 27 heavy (non-hydrogen) atoms. The molecule has 1 aromatic carbocycles. The van der Waals surface area contributed by atoms with Gasteiger partial charge in [-0.3, -0.25) is 0 Å². The molecule has 142 valence electrons. The molecule has 2 N–H and O–H groups in total. The second-order valence-corrected chi connectivity index (χ2v) is 9.50. The second-order valence-electron chi connectivity index (χ2n) is 6.33. The largest absolute Gasteiger partial charge is 0.497 e. The summed E-state index contributed by atoms with van der Waals surface area (Å²) >= 11 is 3.16. The zero-order chi connectivity index (χ0) is 19.9. The number of nitrogens with zero attached hydrogens (tertiary/aromatic N) is 3. The van der Waals surface area contributed by atoms with Crippen molar-refractivity contribution in [3.63, 3.8) is 0 Å². The summed E-state index contributed by atoms with van der Waals surface area (Å²) in [6.45, 7) is 4.05. The van der Waals surface area contributed by atoms with E-state index in [0.717, 1.165) is 17.1 Å². The molecule has 6 nitrogen and oxygen atoms in total. The van der Waals surface area contributed by atoms with E-state index >= 15 is 0 Å². The van der Waals surface area contributed by atoms with Gasteiger partial charge >= 0.3 is 0 Å². The molecule has 3 unspecified atom stereocenters. The van der Waals surface area contributed by atoms with Crippen molar-refractivity contribution in [3.8, 4) is 23.6 Å². The van der Waals surface area contributed by atoms with E-state index in [2.05, 4.69) is 12.1 Å². The Balaban J connectivity index is 2.24. The molecular formula is C19H22N4O2S2. The highest BCUT2D eigenvalue weighted by Crippen LogP contribution is 2.85. The summed E-state index contributed by atoms with van der Waals surface area (Å²) in [7, 11) is 3.15. The standard InChI is InChI=1S/C19H22N4O2S2/c1-5-26-19(27-6-2)18(11-21)15(17(18,10-20)16(22)23-19)13-8-7-12(24-3)9-14(13)25-4/h7-9,15H,5-6H2,1-4H3,(H2,22,23). The van der Waals surface area contributed by atoms with Crippen molar-refractivity contribution in [3.05, 3.63) is 23.8 Å². The molecule has 8 heteroatoms. The minimum atomic E-state index is -1.14. The SMILES string of the molecule is CCSC1(SCC)N=C(N)C2(C#N)C(c3ccc(OC)cc3OC)C12C#N. The van der Waals surface area contributed by atoms with Gasteiger partial charge in [0, 0.05) is 17.5 Å². The molecule has 3 rings (SSSR count). The molecule has 0 amide bonds. The van der Waals surface area contributed by atoms with Crippen LogP contribution in [0.3, 0.4) is 0 Å². The number of thioether (sulfide) groups is 2. The van der Waals surface area contributed by atoms with Gasteiger partial charge in [0.15, 0.2) is 4.20 Å². The number of nitrogens with two attached hydrogens (primary N) is 1. The van der Waals surface area contributed by atoms with Gasteiger partial charge in [0.25, 0.3) is 0 Å². The Hall–Kier alpha value is -2.03. The molecule has 1 fully saturated rings. The highest BCUT2D eigenvalue weighted by molar-refractivity contribution is 8.18. The number of hydrogen-bond acceptors (Lipinski definition) is 8. The Morgan fingerprint density at radius 3 is 2.30 bits per heavy atom. The first-order chi connectivity index (χ1) is 13.0. The van der Waals surface area contributed by atoms with E-state index in [4.69, 9.17) is 20.2 Å². The van der Waals surface area contributed by atoms with Crippen molar-refractivity contribution in [2.45, 2.75) is 24.0 Å². The molecule has 0 aromatic heterocycles. The van der Waals surface area contributed by atoms with Crippen molar-refractivity contribution in [2.24, 2.45) is 21.6 Å². The van der Waals surface area contributed by atoms with Crippen molar-refractivity contribution in [2.75, 3.05) is 25.7 Å². The fraction of sp³-hybridized carbons (Fsp3) is 0.526. The average molecular weight is 403 g/mol. The van der Waals surface area contributed by atoms with Gasteiger partial charge in [-0.1, -0.05) is 19.9 Å². The molecule has 2 aliphatic rings. The molecule has 1 saturated carbocycles. The topological polar surface area (TPSA) is 104 Å². The zero-order valence-corrected chi connectivity index (χ0v) is 17.4. The first-order valence-corrected chi connectivity index (χ1v) is 10.6. The second kappa shape index (κ2) is 6.85. The Morgan fingerprint density at radius 1 is 1.15 bits per heavy atom. The predicted octanol–water partition coefficient (Wildman–Crippen LogP) is 3.35. The number of amidine groups is 1. The number of benzene rings is 1. The van der Waals surface area contributed by atoms with E-state index in [0.29, 0.717) is 11.5 Å². The predicted molar refractivity (Wildman–Crippen MR) is 109 cm³/mol. The number of fused-ring (bicyclic) bond motifs is 1. The van der Waals surface area contributed by atoms with Crippen LogP contribution in [0.15, 0.2) is 23.2 Å². The summed E-state index contributed by atoms with van der Waals surface area (Å²) in [6, 6.07) is 10.3. The maximum atomic E-state index is 10.3. The summed E-state index contributed by atoms with van der Waals surface area (Å²) < 4.78 is 10.0. The lowest BCUT2D eigenvalue weighted by Gasteiger charge is -2.31. The zero-order valence-electron chi connectivity index (χ0n) is 15.8. The van der Waals surface area contributed by atoms with Gasteiger partial charge in [0.2, 0.25) is 0 Å². The van der Waals surface area contributed by atoms with Crippen LogP contribution >= 0.6 is 23.5 Å². The molecule has 1 aliphatic carbocycles. The summed E-state index contributed by atoms with van der Waals surface area (Å²) in [5.74, 6) is 2.61. The number of nitriles is 2. The summed E-state index contributed by atoms with van der Waals surface area (Å²) in [4.78, 5) is 4.69. The lowest BCUT2D eigenvalue weighted by atomic mass is 9.97. The van der Waals surface area contributed by atoms with Gasteiger partial charge in [0.1, 0.15) is 28.2 Å². The van der Waals surface area contributed by atoms with E-state index in [9.17, 15) is 10.5 Å². The Bertz CT molecular complexity index is 869. The van der Waals surface area contributed by atoms with Gasteiger partial charge in [-0.25, -0.2) is 4.99 Å². The lowest BCUT2D eigenvalue weighted by Crippen LogP contribution is -2.31. The molecule has 0 spiro atoms. The van der Waals surface area contributed by atoms with Crippen molar-refractivity contribution >= 4 is 29.4 Å². The minimum absolute atomic E-state index is 0.247. The number of aliphatic imine (C=N–C) groups is 1. The van der Waals surface area contributed by atoms with Gasteiger partial charge < -0.3 is 15.2 Å². The number of methoxy groups -OCH3 is 2. The lowest BCUT2D eigenvalue weighted by molar-refractivity contribution is 0.389. The molecule has 3 atom stereocenters. The van der Waals surface area contributed by atoms with Gasteiger partial charge in [-0.05, 0) is 17.6 Å². The summed E-state index contributed by atoms with van der Waals surface area (Å²) in [5, 5.41) is 20.5. The van der Waals surface area contributed by atoms with Crippen LogP contribution < -0.4 is 15.2 Å². The third-order valence-electron chi connectivity index (χ3n) is 5.36.